The van der Waals surface area contributed by atoms with Crippen LogP contribution in [0.5, 0.6) is 0 Å². The van der Waals surface area contributed by atoms with Gasteiger partial charge in [-0.15, -0.1) is 0 Å². The average Bonchev–Trinajstić information content (AvgIpc) is 3.52. The Hall–Kier alpha value is 4.51. The summed E-state index contributed by atoms with van der Waals surface area (Å²) in [5.41, 5.74) is 3.71. The van der Waals surface area contributed by atoms with E-state index >= 15 is 0 Å². The third kappa shape index (κ3) is 25.5. The molecule has 0 unspecified atom stereocenters. The highest BCUT2D eigenvalue weighted by Gasteiger charge is 2.18. The number of rotatable bonds is 1. The first-order chi connectivity index (χ1) is 23.9. The highest BCUT2D eigenvalue weighted by Crippen LogP contribution is 2.29. The van der Waals surface area contributed by atoms with Gasteiger partial charge < -0.3 is 4.98 Å². The van der Waals surface area contributed by atoms with E-state index in [1.54, 1.807) is 124 Å². The first kappa shape index (κ1) is 49.7. The maximum atomic E-state index is 6.33. The second-order valence-corrected chi connectivity index (χ2v) is 55.8. The van der Waals surface area contributed by atoms with Gasteiger partial charge in [0.1, 0.15) is 11.0 Å². The number of imidazole rings is 1. The molecular formula is C16H16ClN3S29. The van der Waals surface area contributed by atoms with Crippen LogP contribution < -0.4 is 0 Å². The van der Waals surface area contributed by atoms with Crippen molar-refractivity contribution in [2.45, 2.75) is 26.2 Å². The number of nitrogens with zero attached hydrogens (tertiary/aromatic N) is 2. The van der Waals surface area contributed by atoms with Crippen molar-refractivity contribution in [3.05, 3.63) is 47.2 Å². The molecule has 0 atom stereocenters. The fourth-order valence-corrected chi connectivity index (χ4v) is 71.2. The molecule has 0 amide bonds. The van der Waals surface area contributed by atoms with E-state index in [0.717, 1.165) is 28.1 Å². The predicted molar refractivity (Wildman–Crippen MR) is 297 cm³/mol. The predicted octanol–water partition coefficient (Wildman–Crippen LogP) is 4.51. The molecule has 0 saturated carbocycles. The Morgan fingerprint density at radius 3 is 1.20 bits per heavy atom. The van der Waals surface area contributed by atoms with Crippen LogP contribution in [0.25, 0.3) is 22.4 Å². The Labute approximate surface area is 376 Å². The van der Waals surface area contributed by atoms with Gasteiger partial charge in [-0.3, -0.25) is 0 Å². The Morgan fingerprint density at radius 2 is 0.878 bits per heavy atom. The summed E-state index contributed by atoms with van der Waals surface area (Å²) in [6.07, 6.45) is 0. The standard InChI is InChI=1S/C16H16ClN3.S29/c1-16(2,3)13-9-8-10(14(17)20-13)15-18-11-6-4-5-7-12(11)19-15;1-3-5-7-9-11-13-15-17-19-21-23-25-27-29-28-26-24-22-20-18-16-14-12-10-8-6-4-2/h4-9H,1-3H3,(H,18,19);. The van der Waals surface area contributed by atoms with Crippen molar-refractivity contribution in [2.75, 3.05) is 0 Å². The van der Waals surface area contributed by atoms with Gasteiger partial charge in [-0.05, 0) is 24.3 Å². The number of aromatic nitrogens is 3. The average molecular weight is 1220 g/mol. The fourth-order valence-electron chi connectivity index (χ4n) is 2.39. The van der Waals surface area contributed by atoms with E-state index in [-0.39, 0.29) is 5.41 Å². The number of nitrogens with one attached hydrogen (secondary N) is 1. The molecule has 3 aromatic rings. The molecule has 33 heteroatoms. The van der Waals surface area contributed by atoms with Crippen LogP contribution in [-0.2, 0) is 268 Å². The van der Waals surface area contributed by atoms with Crippen LogP contribution >= 0.6 is 11.6 Å². The zero-order valence-corrected chi connectivity index (χ0v) is 48.0. The zero-order chi connectivity index (χ0) is 35.4. The number of hydrogen-bond donors (Lipinski definition) is 1. The van der Waals surface area contributed by atoms with Crippen molar-refractivity contribution in [1.82, 2.24) is 15.0 Å². The summed E-state index contributed by atoms with van der Waals surface area (Å²) in [6, 6.07) is 11.9. The third-order valence-corrected chi connectivity index (χ3v) is 62.0. The topological polar surface area (TPSA) is 41.6 Å². The van der Waals surface area contributed by atoms with Crippen LogP contribution in [0.4, 0.5) is 0 Å². The van der Waals surface area contributed by atoms with Crippen molar-refractivity contribution in [2.24, 2.45) is 0 Å². The van der Waals surface area contributed by atoms with E-state index in [2.05, 4.69) is 35.7 Å². The summed E-state index contributed by atoms with van der Waals surface area (Å²) in [5, 5.41) is 0.483. The first-order valence-electron chi connectivity index (χ1n) is 11.2. The number of halogens is 1. The molecule has 0 aliphatic carbocycles. The molecule has 276 valence electrons. The van der Waals surface area contributed by atoms with Crippen molar-refractivity contribution < 1.29 is 0 Å². The molecule has 1 N–H and O–H groups in total. The Morgan fingerprint density at radius 1 is 0.510 bits per heavy atom. The second kappa shape index (κ2) is 33.5. The highest BCUT2D eigenvalue weighted by atomic mass is 35.5. The van der Waals surface area contributed by atoms with Crippen molar-refractivity contribution >= 4 is 285 Å². The summed E-state index contributed by atoms with van der Waals surface area (Å²) >= 11 is 15.9. The molecular weight excluding hydrogens is 1200 g/mol. The summed E-state index contributed by atoms with van der Waals surface area (Å²) < 4.78 is 0. The summed E-state index contributed by atoms with van der Waals surface area (Å²) in [7, 11) is 47.3. The number of aromatic amines is 1. The van der Waals surface area contributed by atoms with Crippen molar-refractivity contribution in [1.29, 1.82) is 0 Å². The molecule has 0 saturated heterocycles. The van der Waals surface area contributed by atoms with Crippen LogP contribution in [0, 0.1) is 0 Å². The minimum Gasteiger partial charge on any atom is -0.338 e. The van der Waals surface area contributed by atoms with Gasteiger partial charge >= 0.3 is 0 Å². The quantitative estimate of drug-likeness (QED) is 0.365. The molecule has 3 rings (SSSR count). The van der Waals surface area contributed by atoms with E-state index in [1.807, 2.05) is 134 Å². The highest BCUT2D eigenvalue weighted by molar-refractivity contribution is 8.79. The normalized spacial score (nSPS) is 9.39. The molecule has 0 spiro atoms. The summed E-state index contributed by atoms with van der Waals surface area (Å²) in [4.78, 5) is 12.3. The summed E-state index contributed by atoms with van der Waals surface area (Å²) in [6.45, 7) is 6.35. The van der Waals surface area contributed by atoms with Gasteiger partial charge in [0.25, 0.3) is 0 Å². The number of H-pyrrole nitrogens is 1. The lowest BCUT2D eigenvalue weighted by Gasteiger charge is -2.18. The molecule has 0 bridgehead atoms. The smallest absolute Gasteiger partial charge is 0.141 e. The molecule has 0 radical (unpaired) electrons. The molecule has 2 aromatic heterocycles. The van der Waals surface area contributed by atoms with Gasteiger partial charge in [-0.1, -0.05) is 44.5 Å². The SMILES string of the molecule is CC(C)(C)c1ccc(-c2nc3ccccc3[nH]2)c(Cl)n1.S=S=S=S=S=S=S=S=S=S=S=S=S=S=S=S=S=S=S=S=S=S=S=S=S=S=S=S=S. The lowest BCUT2D eigenvalue weighted by atomic mass is 9.91. The summed E-state index contributed by atoms with van der Waals surface area (Å²) in [5.74, 6) is 0.754. The molecule has 49 heavy (non-hydrogen) atoms. The number of para-hydroxylation sites is 2. The minimum absolute atomic E-state index is 0.0178. The Kier molecular flexibility index (Phi) is 33.9. The van der Waals surface area contributed by atoms with Crippen LogP contribution in [0.3, 0.4) is 0 Å². The van der Waals surface area contributed by atoms with Gasteiger partial charge in [-0.2, -0.15) is 0 Å². The largest absolute Gasteiger partial charge is 0.338 e. The van der Waals surface area contributed by atoms with Crippen LogP contribution in [0.2, 0.25) is 5.15 Å². The van der Waals surface area contributed by atoms with E-state index in [1.165, 1.54) is 17.8 Å². The van der Waals surface area contributed by atoms with E-state index in [9.17, 15) is 0 Å². The number of benzene rings is 1. The van der Waals surface area contributed by atoms with Crippen LogP contribution in [0.15, 0.2) is 36.4 Å². The van der Waals surface area contributed by atoms with E-state index < -0.39 is 0 Å². The van der Waals surface area contributed by atoms with Crippen LogP contribution in [-0.4, -0.2) is 15.0 Å². The van der Waals surface area contributed by atoms with Gasteiger partial charge in [0.15, 0.2) is 0 Å². The molecule has 0 aliphatic heterocycles. The first-order valence-corrected chi connectivity index (χ1v) is 48.9. The van der Waals surface area contributed by atoms with Gasteiger partial charge in [-0.25, -0.2) is 9.97 Å². The van der Waals surface area contributed by atoms with E-state index in [4.69, 9.17) is 34.0 Å². The molecule has 3 nitrogen and oxygen atoms in total. The molecule has 1 aromatic carbocycles. The lowest BCUT2D eigenvalue weighted by molar-refractivity contribution is 0.569. The minimum atomic E-state index is -0.0178. The van der Waals surface area contributed by atoms with Crippen LogP contribution in [0.1, 0.15) is 26.5 Å². The van der Waals surface area contributed by atoms with Gasteiger partial charge in [0.2, 0.25) is 0 Å². The van der Waals surface area contributed by atoms with E-state index in [0.29, 0.717) is 5.15 Å². The second-order valence-electron chi connectivity index (χ2n) is 7.72. The lowest BCUT2D eigenvalue weighted by Crippen LogP contribution is -2.13. The third-order valence-electron chi connectivity index (χ3n) is 3.98. The monoisotopic (exact) mass is 1210 g/mol. The maximum Gasteiger partial charge on any atom is 0.141 e. The Bertz CT molecular complexity index is 2730. The van der Waals surface area contributed by atoms with Crippen molar-refractivity contribution in [3.63, 3.8) is 0 Å². The number of pyridine rings is 1. The van der Waals surface area contributed by atoms with Gasteiger partial charge in [0, 0.05) is 273 Å². The molecule has 2 heterocycles. The molecule has 0 fully saturated rings. The molecule has 0 aliphatic rings. The Balaban J connectivity index is 0.000000360. The number of fused-ring (bicyclic) bond motifs is 1. The van der Waals surface area contributed by atoms with Gasteiger partial charge in [0.05, 0.1) is 16.6 Å². The van der Waals surface area contributed by atoms with Crippen molar-refractivity contribution in [3.8, 4) is 11.4 Å². The maximum absolute atomic E-state index is 6.33. The zero-order valence-electron chi connectivity index (χ0n) is 23.6. The number of hydrogen-bond acceptors (Lipinski definition) is 4. The fraction of sp³-hybridized carbons (Fsp3) is 0.250.